The maximum atomic E-state index is 11.9. The van der Waals surface area contributed by atoms with Gasteiger partial charge in [-0.3, -0.25) is 9.69 Å². The summed E-state index contributed by atoms with van der Waals surface area (Å²) in [7, 11) is 1.92. The van der Waals surface area contributed by atoms with Crippen LogP contribution in [0.25, 0.3) is 0 Å². The van der Waals surface area contributed by atoms with E-state index >= 15 is 0 Å². The summed E-state index contributed by atoms with van der Waals surface area (Å²) < 4.78 is 5.71. The molecule has 1 fully saturated rings. The van der Waals surface area contributed by atoms with Gasteiger partial charge in [0.1, 0.15) is 11.5 Å². The first-order chi connectivity index (χ1) is 9.51. The number of hydrogen-bond donors (Lipinski definition) is 2. The number of rotatable bonds is 7. The summed E-state index contributed by atoms with van der Waals surface area (Å²) in [4.78, 5) is 13.9. The standard InChI is InChI=1S/C15H25N3O2/c1-4-12(16)15(13-8-5-10(2)20-13)18(3)9-14(19)17-11-6-7-11/h5,8,11-12,15H,4,6-7,9,16H2,1-3H3,(H,17,19). The van der Waals surface area contributed by atoms with Crippen molar-refractivity contribution in [2.24, 2.45) is 5.73 Å². The lowest BCUT2D eigenvalue weighted by Crippen LogP contribution is -2.43. The summed E-state index contributed by atoms with van der Waals surface area (Å²) in [6.45, 7) is 4.30. The molecule has 1 aromatic heterocycles. The highest BCUT2D eigenvalue weighted by Gasteiger charge is 2.29. The van der Waals surface area contributed by atoms with Crippen LogP contribution in [-0.2, 0) is 4.79 Å². The summed E-state index contributed by atoms with van der Waals surface area (Å²) in [5.41, 5.74) is 6.22. The van der Waals surface area contributed by atoms with E-state index in [1.54, 1.807) is 0 Å². The summed E-state index contributed by atoms with van der Waals surface area (Å²) >= 11 is 0. The van der Waals surface area contributed by atoms with Crippen LogP contribution in [0.4, 0.5) is 0 Å². The Morgan fingerprint density at radius 3 is 2.75 bits per heavy atom. The lowest BCUT2D eigenvalue weighted by molar-refractivity contribution is -0.122. The highest BCUT2D eigenvalue weighted by Crippen LogP contribution is 2.26. The van der Waals surface area contributed by atoms with Crippen LogP contribution in [0.3, 0.4) is 0 Å². The topological polar surface area (TPSA) is 71.5 Å². The van der Waals surface area contributed by atoms with Crippen molar-refractivity contribution >= 4 is 5.91 Å². The highest BCUT2D eigenvalue weighted by molar-refractivity contribution is 5.78. The lowest BCUT2D eigenvalue weighted by Gasteiger charge is -2.30. The first kappa shape index (κ1) is 15.1. The number of furan rings is 1. The molecule has 0 radical (unpaired) electrons. The van der Waals surface area contributed by atoms with Crippen LogP contribution in [-0.4, -0.2) is 36.5 Å². The zero-order chi connectivity index (χ0) is 14.7. The van der Waals surface area contributed by atoms with E-state index < -0.39 is 0 Å². The molecule has 0 bridgehead atoms. The number of likely N-dealkylation sites (N-methyl/N-ethyl adjacent to an activating group) is 1. The first-order valence-corrected chi connectivity index (χ1v) is 7.32. The molecule has 5 nitrogen and oxygen atoms in total. The number of carbonyl (C=O) groups is 1. The molecule has 3 N–H and O–H groups in total. The van der Waals surface area contributed by atoms with Gasteiger partial charge in [-0.05, 0) is 45.4 Å². The number of aryl methyl sites for hydroxylation is 1. The van der Waals surface area contributed by atoms with Crippen LogP contribution >= 0.6 is 0 Å². The second-order valence-corrected chi connectivity index (χ2v) is 5.72. The van der Waals surface area contributed by atoms with Gasteiger partial charge >= 0.3 is 0 Å². The zero-order valence-electron chi connectivity index (χ0n) is 12.6. The SMILES string of the molecule is CCC(N)C(c1ccc(C)o1)N(C)CC(=O)NC1CC1. The van der Waals surface area contributed by atoms with E-state index in [1.807, 2.05) is 37.9 Å². The molecule has 0 saturated heterocycles. The molecule has 1 aliphatic rings. The smallest absolute Gasteiger partial charge is 0.234 e. The number of hydrogen-bond acceptors (Lipinski definition) is 4. The average molecular weight is 279 g/mol. The third-order valence-corrected chi connectivity index (χ3v) is 3.74. The fourth-order valence-electron chi connectivity index (χ4n) is 2.42. The molecule has 1 amide bonds. The van der Waals surface area contributed by atoms with Gasteiger partial charge in [-0.2, -0.15) is 0 Å². The molecular weight excluding hydrogens is 254 g/mol. The Hall–Kier alpha value is -1.33. The van der Waals surface area contributed by atoms with Crippen LogP contribution in [0.15, 0.2) is 16.5 Å². The van der Waals surface area contributed by atoms with Gasteiger partial charge in [-0.15, -0.1) is 0 Å². The molecule has 0 aromatic carbocycles. The minimum atomic E-state index is -0.0707. The molecule has 2 atom stereocenters. The summed E-state index contributed by atoms with van der Waals surface area (Å²) in [6.07, 6.45) is 3.04. The fourth-order valence-corrected chi connectivity index (χ4v) is 2.42. The number of nitrogens with zero attached hydrogens (tertiary/aromatic N) is 1. The largest absolute Gasteiger partial charge is 0.465 e. The van der Waals surface area contributed by atoms with Gasteiger partial charge in [-0.25, -0.2) is 0 Å². The Bertz CT molecular complexity index is 454. The highest BCUT2D eigenvalue weighted by atomic mass is 16.3. The van der Waals surface area contributed by atoms with E-state index in [2.05, 4.69) is 5.32 Å². The Morgan fingerprint density at radius 2 is 2.25 bits per heavy atom. The molecule has 1 heterocycles. The van der Waals surface area contributed by atoms with Gasteiger partial charge in [0.25, 0.3) is 0 Å². The van der Waals surface area contributed by atoms with E-state index in [0.717, 1.165) is 30.8 Å². The van der Waals surface area contributed by atoms with E-state index in [0.29, 0.717) is 12.6 Å². The minimum Gasteiger partial charge on any atom is -0.465 e. The number of amides is 1. The number of nitrogens with one attached hydrogen (secondary N) is 1. The van der Waals surface area contributed by atoms with E-state index in [9.17, 15) is 4.79 Å². The quantitative estimate of drug-likeness (QED) is 0.795. The lowest BCUT2D eigenvalue weighted by atomic mass is 10.0. The predicted molar refractivity (Wildman–Crippen MR) is 78.2 cm³/mol. The maximum absolute atomic E-state index is 11.9. The first-order valence-electron chi connectivity index (χ1n) is 7.32. The zero-order valence-corrected chi connectivity index (χ0v) is 12.6. The van der Waals surface area contributed by atoms with Crippen LogP contribution in [0, 0.1) is 6.92 Å². The molecule has 112 valence electrons. The number of carbonyl (C=O) groups excluding carboxylic acids is 1. The molecule has 5 heteroatoms. The summed E-state index contributed by atoms with van der Waals surface area (Å²) in [5.74, 6) is 1.76. The van der Waals surface area contributed by atoms with Gasteiger partial charge < -0.3 is 15.5 Å². The van der Waals surface area contributed by atoms with Gasteiger partial charge in [0.15, 0.2) is 0 Å². The van der Waals surface area contributed by atoms with Crippen molar-refractivity contribution < 1.29 is 9.21 Å². The second-order valence-electron chi connectivity index (χ2n) is 5.72. The van der Waals surface area contributed by atoms with Crippen LogP contribution in [0.1, 0.15) is 43.7 Å². The fraction of sp³-hybridized carbons (Fsp3) is 0.667. The Morgan fingerprint density at radius 1 is 1.55 bits per heavy atom. The third-order valence-electron chi connectivity index (χ3n) is 3.74. The van der Waals surface area contributed by atoms with Crippen molar-refractivity contribution in [1.29, 1.82) is 0 Å². The average Bonchev–Trinajstić information content (AvgIpc) is 3.10. The third kappa shape index (κ3) is 3.84. The molecule has 2 unspecified atom stereocenters. The molecule has 1 aliphatic carbocycles. The van der Waals surface area contributed by atoms with E-state index in [1.165, 1.54) is 0 Å². The van der Waals surface area contributed by atoms with Crippen molar-refractivity contribution in [3.05, 3.63) is 23.7 Å². The molecule has 0 aliphatic heterocycles. The molecule has 2 rings (SSSR count). The van der Waals surface area contributed by atoms with Crippen molar-refractivity contribution in [2.45, 2.75) is 51.2 Å². The maximum Gasteiger partial charge on any atom is 0.234 e. The molecule has 1 aromatic rings. The van der Waals surface area contributed by atoms with Crippen LogP contribution in [0.2, 0.25) is 0 Å². The van der Waals surface area contributed by atoms with E-state index in [4.69, 9.17) is 10.2 Å². The van der Waals surface area contributed by atoms with Crippen molar-refractivity contribution in [1.82, 2.24) is 10.2 Å². The van der Waals surface area contributed by atoms with Crippen molar-refractivity contribution in [2.75, 3.05) is 13.6 Å². The minimum absolute atomic E-state index is 0.0562. The van der Waals surface area contributed by atoms with Crippen LogP contribution in [0.5, 0.6) is 0 Å². The van der Waals surface area contributed by atoms with E-state index in [-0.39, 0.29) is 18.0 Å². The Balaban J connectivity index is 2.03. The molecule has 0 spiro atoms. The second kappa shape index (κ2) is 6.41. The van der Waals surface area contributed by atoms with Gasteiger partial charge in [0.05, 0.1) is 12.6 Å². The van der Waals surface area contributed by atoms with Crippen molar-refractivity contribution in [3.8, 4) is 0 Å². The summed E-state index contributed by atoms with van der Waals surface area (Å²) in [5, 5.41) is 3.00. The van der Waals surface area contributed by atoms with Crippen molar-refractivity contribution in [3.63, 3.8) is 0 Å². The normalized spacial score (nSPS) is 18.1. The van der Waals surface area contributed by atoms with Gasteiger partial charge in [0.2, 0.25) is 5.91 Å². The Kier molecular flexibility index (Phi) is 4.83. The van der Waals surface area contributed by atoms with Gasteiger partial charge in [0, 0.05) is 12.1 Å². The van der Waals surface area contributed by atoms with Crippen LogP contribution < -0.4 is 11.1 Å². The number of nitrogens with two attached hydrogens (primary N) is 1. The molecule has 1 saturated carbocycles. The Labute approximate surface area is 120 Å². The molecule has 20 heavy (non-hydrogen) atoms. The molecular formula is C15H25N3O2. The monoisotopic (exact) mass is 279 g/mol. The summed E-state index contributed by atoms with van der Waals surface area (Å²) in [6, 6.07) is 4.14. The van der Waals surface area contributed by atoms with Gasteiger partial charge in [-0.1, -0.05) is 6.92 Å². The predicted octanol–water partition coefficient (Wildman–Crippen LogP) is 1.58.